The van der Waals surface area contributed by atoms with Crippen LogP contribution in [0.2, 0.25) is 5.02 Å². The minimum atomic E-state index is -1.17. The van der Waals surface area contributed by atoms with Crippen molar-refractivity contribution in [1.82, 2.24) is 0 Å². The van der Waals surface area contributed by atoms with E-state index in [9.17, 15) is 10.1 Å². The van der Waals surface area contributed by atoms with Gasteiger partial charge in [-0.15, -0.1) is 0 Å². The predicted molar refractivity (Wildman–Crippen MR) is 114 cm³/mol. The van der Waals surface area contributed by atoms with Crippen molar-refractivity contribution in [2.45, 2.75) is 38.8 Å². The number of rotatable bonds is 4. The molecule has 6 nitrogen and oxygen atoms in total. The molecular formula is C22H22ClN3O3. The van der Waals surface area contributed by atoms with Crippen molar-refractivity contribution in [3.8, 4) is 0 Å². The monoisotopic (exact) mass is 411 g/mol. The Morgan fingerprint density at radius 2 is 1.83 bits per heavy atom. The standard InChI is InChI=1S/C22H22ClN3O3/c1-22(2)12-17(25-24-16-6-4-3-5-7-16)20-18(13-22)29-21(26(27)28)19(20)14-8-10-15(23)11-9-14/h3-11,19,21,24H,12-13H2,1-2H3/b25-17-/t19-,21-/m1/s1. The van der Waals surface area contributed by atoms with Crippen molar-refractivity contribution in [2.24, 2.45) is 10.5 Å². The van der Waals surface area contributed by atoms with Crippen molar-refractivity contribution in [3.63, 3.8) is 0 Å². The second kappa shape index (κ2) is 7.52. The molecule has 4 rings (SSSR count). The highest BCUT2D eigenvalue weighted by atomic mass is 35.5. The average Bonchev–Trinajstić information content (AvgIpc) is 3.06. The number of nitro groups is 1. The van der Waals surface area contributed by atoms with Gasteiger partial charge in [0, 0.05) is 17.0 Å². The van der Waals surface area contributed by atoms with Crippen LogP contribution < -0.4 is 5.43 Å². The maximum absolute atomic E-state index is 11.8. The topological polar surface area (TPSA) is 76.8 Å². The molecule has 0 saturated carbocycles. The van der Waals surface area contributed by atoms with Gasteiger partial charge in [0.05, 0.1) is 16.3 Å². The van der Waals surface area contributed by atoms with Gasteiger partial charge in [0.25, 0.3) is 0 Å². The molecule has 0 unspecified atom stereocenters. The number of anilines is 1. The van der Waals surface area contributed by atoms with Gasteiger partial charge in [-0.1, -0.05) is 55.8 Å². The van der Waals surface area contributed by atoms with E-state index in [-0.39, 0.29) is 10.3 Å². The predicted octanol–water partition coefficient (Wildman–Crippen LogP) is 5.60. The number of allylic oxidation sites excluding steroid dienone is 1. The Kier molecular flexibility index (Phi) is 5.04. The molecule has 2 atom stereocenters. The highest BCUT2D eigenvalue weighted by molar-refractivity contribution is 6.30. The van der Waals surface area contributed by atoms with Crippen LogP contribution in [0.5, 0.6) is 0 Å². The molecule has 1 aliphatic carbocycles. The summed E-state index contributed by atoms with van der Waals surface area (Å²) in [6, 6.07) is 16.8. The molecule has 0 amide bonds. The summed E-state index contributed by atoms with van der Waals surface area (Å²) in [5.74, 6) is 0.140. The molecule has 1 heterocycles. The van der Waals surface area contributed by atoms with Gasteiger partial charge >= 0.3 is 6.23 Å². The van der Waals surface area contributed by atoms with E-state index in [4.69, 9.17) is 16.3 Å². The number of para-hydroxylation sites is 1. The number of hydrogen-bond donors (Lipinski definition) is 1. The van der Waals surface area contributed by atoms with Gasteiger partial charge in [0.15, 0.2) is 0 Å². The molecule has 2 aromatic carbocycles. The number of hydrogen-bond acceptors (Lipinski definition) is 5. The van der Waals surface area contributed by atoms with Crippen LogP contribution >= 0.6 is 11.6 Å². The van der Waals surface area contributed by atoms with E-state index in [1.807, 2.05) is 42.5 Å². The van der Waals surface area contributed by atoms with E-state index >= 15 is 0 Å². The Morgan fingerprint density at radius 1 is 1.14 bits per heavy atom. The van der Waals surface area contributed by atoms with Crippen LogP contribution in [-0.4, -0.2) is 16.9 Å². The van der Waals surface area contributed by atoms with Gasteiger partial charge in [-0.2, -0.15) is 5.10 Å². The summed E-state index contributed by atoms with van der Waals surface area (Å²) in [5.41, 5.74) is 6.26. The summed E-state index contributed by atoms with van der Waals surface area (Å²) in [6.45, 7) is 4.24. The maximum atomic E-state index is 11.8. The first kappa shape index (κ1) is 19.5. The Morgan fingerprint density at radius 3 is 2.48 bits per heavy atom. The van der Waals surface area contributed by atoms with Gasteiger partial charge in [-0.25, -0.2) is 0 Å². The van der Waals surface area contributed by atoms with Crippen LogP contribution in [0.15, 0.2) is 71.0 Å². The Labute approximate surface area is 174 Å². The van der Waals surface area contributed by atoms with E-state index in [0.717, 1.165) is 22.5 Å². The quantitative estimate of drug-likeness (QED) is 0.524. The second-order valence-electron chi connectivity index (χ2n) is 8.21. The summed E-state index contributed by atoms with van der Waals surface area (Å²) < 4.78 is 5.88. The summed E-state index contributed by atoms with van der Waals surface area (Å²) in [4.78, 5) is 11.5. The molecular weight excluding hydrogens is 390 g/mol. The van der Waals surface area contributed by atoms with Gasteiger partial charge in [0.1, 0.15) is 11.7 Å². The SMILES string of the molecule is CC1(C)CC2=C(/C(=N\Nc3ccccc3)C1)[C@@H](c1ccc(Cl)cc1)[C@H]([N+](=O)[O-])O2. The highest BCUT2D eigenvalue weighted by Crippen LogP contribution is 2.49. The molecule has 0 aromatic heterocycles. The molecule has 2 aliphatic rings. The molecule has 1 aliphatic heterocycles. The van der Waals surface area contributed by atoms with Crippen LogP contribution in [0.4, 0.5) is 5.69 Å². The van der Waals surface area contributed by atoms with Crippen LogP contribution in [0, 0.1) is 15.5 Å². The summed E-state index contributed by atoms with van der Waals surface area (Å²) in [7, 11) is 0. The molecule has 0 radical (unpaired) electrons. The van der Waals surface area contributed by atoms with Crippen molar-refractivity contribution in [1.29, 1.82) is 0 Å². The lowest BCUT2D eigenvalue weighted by molar-refractivity contribution is -0.570. The van der Waals surface area contributed by atoms with Gasteiger partial charge in [-0.3, -0.25) is 15.5 Å². The molecule has 0 saturated heterocycles. The zero-order chi connectivity index (χ0) is 20.6. The second-order valence-corrected chi connectivity index (χ2v) is 8.65. The third-order valence-corrected chi connectivity index (χ3v) is 5.54. The number of nitrogens with zero attached hydrogens (tertiary/aromatic N) is 2. The smallest absolute Gasteiger partial charge is 0.364 e. The Bertz CT molecular complexity index is 984. The van der Waals surface area contributed by atoms with Crippen LogP contribution in [0.1, 0.15) is 38.2 Å². The lowest BCUT2D eigenvalue weighted by atomic mass is 9.73. The van der Waals surface area contributed by atoms with Crippen LogP contribution in [-0.2, 0) is 4.74 Å². The minimum absolute atomic E-state index is 0.105. The first-order valence-corrected chi connectivity index (χ1v) is 9.88. The molecule has 0 fully saturated rings. The maximum Gasteiger partial charge on any atom is 0.364 e. The Hall–Kier alpha value is -2.86. The third-order valence-electron chi connectivity index (χ3n) is 5.29. The molecule has 29 heavy (non-hydrogen) atoms. The number of hydrazone groups is 1. The molecule has 0 bridgehead atoms. The number of nitrogens with one attached hydrogen (secondary N) is 1. The van der Waals surface area contributed by atoms with Crippen LogP contribution in [0.3, 0.4) is 0 Å². The van der Waals surface area contributed by atoms with Gasteiger partial charge in [0.2, 0.25) is 0 Å². The van der Waals surface area contributed by atoms with E-state index in [1.54, 1.807) is 12.1 Å². The summed E-state index contributed by atoms with van der Waals surface area (Å²) in [5, 5.41) is 17.1. The lowest BCUT2D eigenvalue weighted by Crippen LogP contribution is -2.29. The molecule has 2 aromatic rings. The fourth-order valence-corrected chi connectivity index (χ4v) is 4.15. The molecule has 0 spiro atoms. The molecule has 1 N–H and O–H groups in total. The van der Waals surface area contributed by atoms with Crippen molar-refractivity contribution < 1.29 is 9.66 Å². The zero-order valence-electron chi connectivity index (χ0n) is 16.3. The van der Waals surface area contributed by atoms with E-state index in [0.29, 0.717) is 23.6 Å². The molecule has 7 heteroatoms. The van der Waals surface area contributed by atoms with Crippen molar-refractivity contribution in [3.05, 3.63) is 86.6 Å². The summed E-state index contributed by atoms with van der Waals surface area (Å²) >= 11 is 6.03. The minimum Gasteiger partial charge on any atom is -0.433 e. The van der Waals surface area contributed by atoms with E-state index in [1.165, 1.54) is 0 Å². The highest BCUT2D eigenvalue weighted by Gasteiger charge is 2.50. The van der Waals surface area contributed by atoms with Crippen LogP contribution in [0.25, 0.3) is 0 Å². The Balaban J connectivity index is 1.78. The fraction of sp³-hybridized carbons (Fsp3) is 0.318. The fourth-order valence-electron chi connectivity index (χ4n) is 4.03. The molecule has 150 valence electrons. The normalized spacial score (nSPS) is 24.2. The number of ether oxygens (including phenoxy) is 1. The first-order valence-electron chi connectivity index (χ1n) is 9.51. The lowest BCUT2D eigenvalue weighted by Gasteiger charge is -2.31. The number of halogens is 1. The van der Waals surface area contributed by atoms with Gasteiger partial charge < -0.3 is 4.74 Å². The largest absolute Gasteiger partial charge is 0.433 e. The number of benzene rings is 2. The van der Waals surface area contributed by atoms with Crippen molar-refractivity contribution in [2.75, 3.05) is 5.43 Å². The van der Waals surface area contributed by atoms with E-state index < -0.39 is 12.1 Å². The third kappa shape index (κ3) is 3.98. The zero-order valence-corrected chi connectivity index (χ0v) is 17.0. The average molecular weight is 412 g/mol. The van der Waals surface area contributed by atoms with Crippen molar-refractivity contribution >= 4 is 23.0 Å². The first-order chi connectivity index (χ1) is 13.8. The van der Waals surface area contributed by atoms with Gasteiger partial charge in [-0.05, 0) is 41.7 Å². The summed E-state index contributed by atoms with van der Waals surface area (Å²) in [6.07, 6.45) is 0.169. The van der Waals surface area contributed by atoms with E-state index in [2.05, 4.69) is 24.4 Å².